The van der Waals surface area contributed by atoms with E-state index in [0.29, 0.717) is 17.9 Å². The first-order valence-electron chi connectivity index (χ1n) is 14.5. The van der Waals surface area contributed by atoms with Gasteiger partial charge in [-0.1, -0.05) is 31.8 Å². The summed E-state index contributed by atoms with van der Waals surface area (Å²) in [4.78, 5) is 11.8. The van der Waals surface area contributed by atoms with Crippen molar-refractivity contribution in [3.05, 3.63) is 29.8 Å². The Hall–Kier alpha value is -1.64. The summed E-state index contributed by atoms with van der Waals surface area (Å²) in [6.45, 7) is -1.09. The number of nitrogens with one attached hydrogen (secondary N) is 2. The molecule has 1 saturated heterocycles. The molecule has 1 fully saturated rings. The smallest absolute Gasteiger partial charge is 0.322 e. The number of carbonyl (C=O) groups is 1. The van der Waals surface area contributed by atoms with Crippen molar-refractivity contribution in [2.45, 2.75) is 64.2 Å². The Labute approximate surface area is 193 Å². The van der Waals surface area contributed by atoms with Gasteiger partial charge in [0.25, 0.3) is 0 Å². The lowest BCUT2D eigenvalue weighted by molar-refractivity contribution is -0.138. The van der Waals surface area contributed by atoms with Gasteiger partial charge < -0.3 is 15.2 Å². The van der Waals surface area contributed by atoms with E-state index in [2.05, 4.69) is 5.32 Å². The van der Waals surface area contributed by atoms with Crippen LogP contribution in [-0.2, 0) is 21.2 Å². The van der Waals surface area contributed by atoms with Crippen LogP contribution < -0.4 is 14.8 Å². The SMILES string of the molecule is [2H]C([2H])([2H])C([2H])([2H])C([2H])([2H])C([2H])([2H])S(=O)(=O)N[C@@H](Cc1ccc(OCCCCC2CCNCC2)cc1)C(=O)O. The number of piperidine rings is 1. The van der Waals surface area contributed by atoms with Crippen LogP contribution in [0.15, 0.2) is 24.3 Å². The second kappa shape index (κ2) is 12.9. The molecular weight excluding hydrogens is 404 g/mol. The summed E-state index contributed by atoms with van der Waals surface area (Å²) in [7, 11) is -5.55. The molecule has 8 heteroatoms. The Balaban J connectivity index is 2.00. The lowest BCUT2D eigenvalue weighted by Crippen LogP contribution is -2.43. The van der Waals surface area contributed by atoms with E-state index in [-0.39, 0.29) is 0 Å². The Morgan fingerprint density at radius 3 is 2.73 bits per heavy atom. The third kappa shape index (κ3) is 9.45. The van der Waals surface area contributed by atoms with Gasteiger partial charge >= 0.3 is 5.97 Å². The molecule has 1 aliphatic heterocycles. The minimum atomic E-state index is -5.55. The zero-order valence-corrected chi connectivity index (χ0v) is 17.6. The van der Waals surface area contributed by atoms with Crippen LogP contribution in [0.2, 0.25) is 0 Å². The summed E-state index contributed by atoms with van der Waals surface area (Å²) >= 11 is 0. The molecule has 0 saturated carbocycles. The van der Waals surface area contributed by atoms with Crippen LogP contribution in [0.25, 0.3) is 0 Å². The predicted molar refractivity (Wildman–Crippen MR) is 118 cm³/mol. The summed E-state index contributed by atoms with van der Waals surface area (Å²) in [6, 6.07) is 4.24. The average molecular weight is 450 g/mol. The fourth-order valence-corrected chi connectivity index (χ4v) is 4.14. The van der Waals surface area contributed by atoms with Crippen LogP contribution in [0, 0.1) is 5.92 Å². The van der Waals surface area contributed by atoms with E-state index in [1.54, 1.807) is 16.9 Å². The van der Waals surface area contributed by atoms with E-state index in [1.807, 2.05) is 0 Å². The number of carboxylic acids is 1. The number of unbranched alkanes of at least 4 members (excludes halogenated alkanes) is 1. The number of hydrogen-bond donors (Lipinski definition) is 3. The minimum Gasteiger partial charge on any atom is -0.494 e. The van der Waals surface area contributed by atoms with Crippen molar-refractivity contribution in [2.75, 3.05) is 25.4 Å². The van der Waals surface area contributed by atoms with E-state index >= 15 is 0 Å². The van der Waals surface area contributed by atoms with E-state index in [9.17, 15) is 18.3 Å². The third-order valence-corrected chi connectivity index (χ3v) is 5.91. The maximum absolute atomic E-state index is 12.7. The lowest BCUT2D eigenvalue weighted by atomic mass is 9.93. The molecule has 0 radical (unpaired) electrons. The molecule has 30 heavy (non-hydrogen) atoms. The van der Waals surface area contributed by atoms with Crippen LogP contribution in [0.3, 0.4) is 0 Å². The standard InChI is InChI=1S/C22H36N2O5S/c1-2-3-16-30(27,28)24-21(22(25)26)17-19-7-9-20(10-8-19)29-15-5-4-6-18-11-13-23-14-12-18/h7-10,18,21,23-24H,2-6,11-17H2,1H3,(H,25,26)/t21-/m0/s1/i1D3,2D2,3D2,16D2. The van der Waals surface area contributed by atoms with Crippen molar-refractivity contribution in [3.8, 4) is 5.75 Å². The van der Waals surface area contributed by atoms with Crippen molar-refractivity contribution in [3.63, 3.8) is 0 Å². The molecule has 0 spiro atoms. The van der Waals surface area contributed by atoms with Gasteiger partial charge in [-0.15, -0.1) is 0 Å². The zero-order chi connectivity index (χ0) is 29.7. The Morgan fingerprint density at radius 1 is 1.33 bits per heavy atom. The normalized spacial score (nSPS) is 22.6. The van der Waals surface area contributed by atoms with Gasteiger partial charge in [-0.05, 0) is 75.2 Å². The average Bonchev–Trinajstić information content (AvgIpc) is 2.83. The number of rotatable bonds is 14. The Morgan fingerprint density at radius 2 is 2.07 bits per heavy atom. The summed E-state index contributed by atoms with van der Waals surface area (Å²) in [6.07, 6.45) is -3.00. The summed E-state index contributed by atoms with van der Waals surface area (Å²) in [5, 5.41) is 12.9. The van der Waals surface area contributed by atoms with Crippen LogP contribution in [-0.4, -0.2) is 50.9 Å². The van der Waals surface area contributed by atoms with Gasteiger partial charge in [0.1, 0.15) is 11.8 Å². The quantitative estimate of drug-likeness (QED) is 0.377. The third-order valence-electron chi connectivity index (χ3n) is 4.94. The highest BCUT2D eigenvalue weighted by Gasteiger charge is 2.24. The van der Waals surface area contributed by atoms with Crippen molar-refractivity contribution < 1.29 is 35.4 Å². The highest BCUT2D eigenvalue weighted by molar-refractivity contribution is 7.89. The molecule has 1 aromatic carbocycles. The van der Waals surface area contributed by atoms with Crippen molar-refractivity contribution in [1.82, 2.24) is 10.0 Å². The van der Waals surface area contributed by atoms with E-state index in [1.165, 1.54) is 25.0 Å². The maximum atomic E-state index is 12.7. The highest BCUT2D eigenvalue weighted by atomic mass is 32.2. The summed E-state index contributed by atoms with van der Waals surface area (Å²) in [5.74, 6) is -0.422. The first kappa shape index (κ1) is 14.4. The highest BCUT2D eigenvalue weighted by Crippen LogP contribution is 2.19. The first-order valence-corrected chi connectivity index (χ1v) is 11.5. The zero-order valence-electron chi connectivity index (χ0n) is 25.8. The van der Waals surface area contributed by atoms with E-state index < -0.39 is 53.8 Å². The van der Waals surface area contributed by atoms with Crippen LogP contribution in [0.4, 0.5) is 0 Å². The molecule has 2 rings (SSSR count). The number of sulfonamides is 1. The lowest BCUT2D eigenvalue weighted by Gasteiger charge is -2.22. The number of benzene rings is 1. The molecule has 170 valence electrons. The fraction of sp³-hybridized carbons (Fsp3) is 0.682. The van der Waals surface area contributed by atoms with Crippen molar-refractivity contribution in [2.24, 2.45) is 5.92 Å². The largest absolute Gasteiger partial charge is 0.494 e. The number of aliphatic carboxylic acids is 1. The second-order valence-corrected chi connectivity index (χ2v) is 8.70. The van der Waals surface area contributed by atoms with E-state index in [0.717, 1.165) is 38.3 Å². The van der Waals surface area contributed by atoms with Gasteiger partial charge in [-0.3, -0.25) is 4.79 Å². The van der Waals surface area contributed by atoms with Gasteiger partial charge in [-0.25, -0.2) is 13.1 Å². The molecule has 0 amide bonds. The summed E-state index contributed by atoms with van der Waals surface area (Å²) < 4.78 is 101. The minimum absolute atomic E-state index is 0.352. The number of carboxylic acid groups (broad SMARTS) is 1. The maximum Gasteiger partial charge on any atom is 0.322 e. The van der Waals surface area contributed by atoms with Gasteiger partial charge in [0, 0.05) is 12.3 Å². The van der Waals surface area contributed by atoms with Crippen LogP contribution >= 0.6 is 0 Å². The second-order valence-electron chi connectivity index (χ2n) is 7.25. The van der Waals surface area contributed by atoms with E-state index in [4.69, 9.17) is 17.1 Å². The van der Waals surface area contributed by atoms with Gasteiger partial charge in [0.15, 0.2) is 0 Å². The van der Waals surface area contributed by atoms with Crippen molar-refractivity contribution >= 4 is 16.0 Å². The molecule has 0 aliphatic carbocycles. The number of ether oxygens (including phenoxy) is 1. The van der Waals surface area contributed by atoms with Crippen molar-refractivity contribution in [1.29, 1.82) is 0 Å². The molecule has 0 aromatic heterocycles. The fourth-order valence-electron chi connectivity index (χ4n) is 3.34. The Bertz CT molecular complexity index is 1060. The molecule has 1 aliphatic rings. The molecule has 1 heterocycles. The van der Waals surface area contributed by atoms with Gasteiger partial charge in [0.2, 0.25) is 10.0 Å². The molecule has 3 N–H and O–H groups in total. The first-order chi connectivity index (χ1) is 17.8. The summed E-state index contributed by atoms with van der Waals surface area (Å²) in [5.41, 5.74) is -3.79. The van der Waals surface area contributed by atoms with Crippen LogP contribution in [0.5, 0.6) is 5.75 Å². The molecular formula is C22H36N2O5S. The number of hydrogen-bond acceptors (Lipinski definition) is 5. The monoisotopic (exact) mass is 449 g/mol. The van der Waals surface area contributed by atoms with Crippen LogP contribution in [0.1, 0.15) is 69.6 Å². The van der Waals surface area contributed by atoms with Gasteiger partial charge in [-0.2, -0.15) is 0 Å². The molecule has 1 aromatic rings. The molecule has 1 atom stereocenters. The van der Waals surface area contributed by atoms with Gasteiger partial charge in [0.05, 0.1) is 12.3 Å². The Kier molecular flexibility index (Phi) is 6.21. The predicted octanol–water partition coefficient (Wildman–Crippen LogP) is 2.95. The molecule has 0 bridgehead atoms. The molecule has 0 unspecified atom stereocenters. The topological polar surface area (TPSA) is 105 Å². The molecule has 7 nitrogen and oxygen atoms in total.